The minimum absolute atomic E-state index is 0.151. The smallest absolute Gasteiger partial charge is 0.323 e. The van der Waals surface area contributed by atoms with Gasteiger partial charge in [0.2, 0.25) is 0 Å². The van der Waals surface area contributed by atoms with Gasteiger partial charge in [-0.05, 0) is 87.5 Å². The topological polar surface area (TPSA) is 147 Å². The number of aromatic nitrogens is 1. The van der Waals surface area contributed by atoms with Crippen LogP contribution in [0.2, 0.25) is 0 Å². The maximum absolute atomic E-state index is 13.0. The molecule has 0 spiro atoms. The summed E-state index contributed by atoms with van der Waals surface area (Å²) in [6, 6.07) is 18.9. The number of aryl methyl sites for hydroxylation is 2. The number of H-pyrrole nitrogens is 1. The summed E-state index contributed by atoms with van der Waals surface area (Å²) in [6.07, 6.45) is 1.75. The maximum atomic E-state index is 13.0. The zero-order chi connectivity index (χ0) is 34.4. The van der Waals surface area contributed by atoms with Crippen molar-refractivity contribution in [3.05, 3.63) is 106 Å². The number of aromatic amines is 1. The second kappa shape index (κ2) is 14.8. The van der Waals surface area contributed by atoms with E-state index in [1.807, 2.05) is 32.9 Å². The molecule has 1 aliphatic heterocycles. The van der Waals surface area contributed by atoms with E-state index in [9.17, 15) is 19.2 Å². The van der Waals surface area contributed by atoms with Gasteiger partial charge in [-0.15, -0.1) is 0 Å². The highest BCUT2D eigenvalue weighted by Gasteiger charge is 2.26. The summed E-state index contributed by atoms with van der Waals surface area (Å²) in [7, 11) is 0. The number of likely N-dealkylation sites (N-methyl/N-ethyl adjacent to an activating group) is 1. The molecule has 0 fully saturated rings. The van der Waals surface area contributed by atoms with Crippen molar-refractivity contribution in [2.45, 2.75) is 34.6 Å². The lowest BCUT2D eigenvalue weighted by molar-refractivity contribution is -0.110. The van der Waals surface area contributed by atoms with Gasteiger partial charge < -0.3 is 36.5 Å². The van der Waals surface area contributed by atoms with E-state index < -0.39 is 6.03 Å². The normalized spacial score (nSPS) is 12.9. The zero-order valence-corrected chi connectivity index (χ0v) is 27.8. The average molecular weight is 648 g/mol. The van der Waals surface area contributed by atoms with Crippen LogP contribution in [-0.4, -0.2) is 59.8 Å². The number of benzene rings is 3. The van der Waals surface area contributed by atoms with Crippen LogP contribution in [0.25, 0.3) is 11.6 Å². The lowest BCUT2D eigenvalue weighted by Crippen LogP contribution is -2.35. The van der Waals surface area contributed by atoms with Crippen molar-refractivity contribution >= 4 is 58.2 Å². The minimum atomic E-state index is -0.481. The van der Waals surface area contributed by atoms with E-state index in [4.69, 9.17) is 0 Å². The Hall–Kier alpha value is -5.68. The molecular weight excluding hydrogens is 606 g/mol. The Bertz CT molecular complexity index is 1890. The molecule has 1 aliphatic rings. The summed E-state index contributed by atoms with van der Waals surface area (Å²) in [5.74, 6) is -0.687. The summed E-state index contributed by atoms with van der Waals surface area (Å²) in [5.41, 5.74) is 7.32. The first-order valence-corrected chi connectivity index (χ1v) is 16.0. The highest BCUT2D eigenvalue weighted by molar-refractivity contribution is 6.35. The Labute approximate surface area is 280 Å². The Morgan fingerprint density at radius 1 is 0.833 bits per heavy atom. The fourth-order valence-corrected chi connectivity index (χ4v) is 5.69. The van der Waals surface area contributed by atoms with Gasteiger partial charge in [0.15, 0.2) is 0 Å². The zero-order valence-electron chi connectivity index (χ0n) is 27.8. The van der Waals surface area contributed by atoms with Crippen LogP contribution in [0.15, 0.2) is 66.7 Å². The molecule has 0 radical (unpaired) electrons. The van der Waals surface area contributed by atoms with E-state index in [1.165, 1.54) is 0 Å². The summed E-state index contributed by atoms with van der Waals surface area (Å²) in [6.45, 7) is 12.9. The second-order valence-electron chi connectivity index (χ2n) is 11.6. The first kappa shape index (κ1) is 33.7. The molecule has 1 aromatic heterocycles. The van der Waals surface area contributed by atoms with Crippen molar-refractivity contribution in [1.29, 1.82) is 0 Å². The number of amides is 5. The van der Waals surface area contributed by atoms with Crippen LogP contribution in [0.5, 0.6) is 0 Å². The van der Waals surface area contributed by atoms with E-state index in [0.717, 1.165) is 36.5 Å². The predicted octanol–water partition coefficient (Wildman–Crippen LogP) is 6.40. The third-order valence-electron chi connectivity index (χ3n) is 8.44. The van der Waals surface area contributed by atoms with Gasteiger partial charge in [-0.1, -0.05) is 44.2 Å². The van der Waals surface area contributed by atoms with Crippen LogP contribution < -0.4 is 26.6 Å². The second-order valence-corrected chi connectivity index (χ2v) is 11.6. The number of rotatable bonds is 11. The van der Waals surface area contributed by atoms with Crippen LogP contribution in [0.4, 0.5) is 27.5 Å². The van der Waals surface area contributed by atoms with E-state index >= 15 is 0 Å². The highest BCUT2D eigenvalue weighted by Crippen LogP contribution is 2.36. The van der Waals surface area contributed by atoms with Gasteiger partial charge in [-0.25, -0.2) is 4.79 Å². The van der Waals surface area contributed by atoms with Crippen LogP contribution in [0.3, 0.4) is 0 Å². The first-order valence-electron chi connectivity index (χ1n) is 16.0. The van der Waals surface area contributed by atoms with Gasteiger partial charge in [0, 0.05) is 52.7 Å². The van der Waals surface area contributed by atoms with E-state index in [-0.39, 0.29) is 17.7 Å². The van der Waals surface area contributed by atoms with Gasteiger partial charge in [0.05, 0.1) is 16.8 Å². The van der Waals surface area contributed by atoms with Crippen LogP contribution >= 0.6 is 0 Å². The molecule has 5 rings (SSSR count). The molecule has 11 nitrogen and oxygen atoms in total. The van der Waals surface area contributed by atoms with Gasteiger partial charge in [-0.3, -0.25) is 14.4 Å². The molecule has 3 aromatic carbocycles. The Kier molecular flexibility index (Phi) is 10.4. The number of carbonyl (C=O) groups is 4. The highest BCUT2D eigenvalue weighted by atomic mass is 16.2. The molecule has 2 heterocycles. The Morgan fingerprint density at radius 2 is 1.54 bits per heavy atom. The average Bonchev–Trinajstić information content (AvgIpc) is 3.53. The molecule has 4 aromatic rings. The van der Waals surface area contributed by atoms with Crippen molar-refractivity contribution in [3.63, 3.8) is 0 Å². The lowest BCUT2D eigenvalue weighted by Gasteiger charge is -2.18. The van der Waals surface area contributed by atoms with E-state index in [0.29, 0.717) is 57.3 Å². The van der Waals surface area contributed by atoms with Crippen molar-refractivity contribution in [2.75, 3.05) is 47.4 Å². The fourth-order valence-electron chi connectivity index (χ4n) is 5.69. The number of fused-ring (bicyclic) bond motifs is 1. The molecule has 5 amide bonds. The number of urea groups is 1. The number of nitrogens with one attached hydrogen (secondary N) is 6. The predicted molar refractivity (Wildman–Crippen MR) is 192 cm³/mol. The van der Waals surface area contributed by atoms with Gasteiger partial charge in [-0.2, -0.15) is 0 Å². The van der Waals surface area contributed by atoms with E-state index in [2.05, 4.69) is 50.3 Å². The van der Waals surface area contributed by atoms with Crippen molar-refractivity contribution < 1.29 is 19.2 Å². The number of carbonyl (C=O) groups excluding carboxylic acids is 4. The first-order chi connectivity index (χ1) is 23.1. The molecule has 0 atom stereocenters. The molecule has 248 valence electrons. The summed E-state index contributed by atoms with van der Waals surface area (Å²) >= 11 is 0. The molecule has 48 heavy (non-hydrogen) atoms. The van der Waals surface area contributed by atoms with Crippen molar-refractivity contribution in [3.8, 4) is 0 Å². The molecule has 0 bridgehead atoms. The molecular formula is C37H41N7O4. The molecule has 6 N–H and O–H groups in total. The third-order valence-corrected chi connectivity index (χ3v) is 8.44. The fraction of sp³-hybridized carbons (Fsp3) is 0.243. The molecule has 0 unspecified atom stereocenters. The van der Waals surface area contributed by atoms with Crippen molar-refractivity contribution in [2.24, 2.45) is 0 Å². The van der Waals surface area contributed by atoms with Crippen molar-refractivity contribution in [1.82, 2.24) is 15.2 Å². The van der Waals surface area contributed by atoms with Crippen LogP contribution in [-0.2, 0) is 4.79 Å². The van der Waals surface area contributed by atoms with E-state index in [1.54, 1.807) is 60.7 Å². The number of hydrogen-bond donors (Lipinski definition) is 6. The summed E-state index contributed by atoms with van der Waals surface area (Å²) < 4.78 is 0. The SMILES string of the molecule is CCN(CC)CCNC(=O)c1c(C)[nH]c(C=C2C(=O)Nc3cc(NC(=O)Nc4cc(NC(=O)c5ccccc5)ccc4C)ccc32)c1C. The maximum Gasteiger partial charge on any atom is 0.323 e. The lowest BCUT2D eigenvalue weighted by atomic mass is 10.0. The molecule has 11 heteroatoms. The third kappa shape index (κ3) is 7.64. The van der Waals surface area contributed by atoms with Gasteiger partial charge >= 0.3 is 6.03 Å². The monoisotopic (exact) mass is 647 g/mol. The number of anilines is 4. The molecule has 0 saturated carbocycles. The van der Waals surface area contributed by atoms with Gasteiger partial charge in [0.1, 0.15) is 0 Å². The Morgan fingerprint density at radius 3 is 2.27 bits per heavy atom. The number of hydrogen-bond acceptors (Lipinski definition) is 5. The Balaban J connectivity index is 1.25. The van der Waals surface area contributed by atoms with Crippen LogP contribution in [0.1, 0.15) is 62.6 Å². The molecule has 0 aliphatic carbocycles. The van der Waals surface area contributed by atoms with Gasteiger partial charge in [0.25, 0.3) is 17.7 Å². The molecule has 0 saturated heterocycles. The largest absolute Gasteiger partial charge is 0.358 e. The summed E-state index contributed by atoms with van der Waals surface area (Å²) in [4.78, 5) is 57.1. The summed E-state index contributed by atoms with van der Waals surface area (Å²) in [5, 5.41) is 14.4. The quantitative estimate of drug-likeness (QED) is 0.104. The number of nitrogens with zero attached hydrogens (tertiary/aromatic N) is 1. The van der Waals surface area contributed by atoms with Crippen LogP contribution in [0, 0.1) is 20.8 Å². The minimum Gasteiger partial charge on any atom is -0.358 e. The standard InChI is InChI=1S/C37H41N7O4/c1-6-44(7-2)18-17-38-36(47)33-23(4)31(39-24(33)5)21-29-28-16-15-27(20-32(28)42-35(29)46)41-37(48)43-30-19-26(14-13-22(30)3)40-34(45)25-11-9-8-10-12-25/h8-16,19-21,39H,6-7,17-18H2,1-5H3,(H,38,47)(H,40,45)(H,42,46)(H2,41,43,48).